The molecule has 0 aliphatic carbocycles. The first-order chi connectivity index (χ1) is 14.6. The van der Waals surface area contributed by atoms with Gasteiger partial charge in [0.15, 0.2) is 0 Å². The smallest absolute Gasteiger partial charge is 0.224 e. The normalized spacial score (nSPS) is 19.7. The molecule has 1 aromatic heterocycles. The van der Waals surface area contributed by atoms with Crippen LogP contribution in [0.3, 0.4) is 0 Å². The van der Waals surface area contributed by atoms with Crippen molar-refractivity contribution in [3.63, 3.8) is 0 Å². The lowest BCUT2D eigenvalue weighted by molar-refractivity contribution is -0.120. The van der Waals surface area contributed by atoms with Crippen molar-refractivity contribution < 1.29 is 9.53 Å². The summed E-state index contributed by atoms with van der Waals surface area (Å²) in [5.74, 6) is 1.35. The number of rotatable bonds is 6. The van der Waals surface area contributed by atoms with Gasteiger partial charge in [0.25, 0.3) is 0 Å². The maximum absolute atomic E-state index is 12.8. The van der Waals surface area contributed by atoms with E-state index in [-0.39, 0.29) is 5.91 Å². The first-order valence-corrected chi connectivity index (χ1v) is 10.7. The van der Waals surface area contributed by atoms with E-state index < -0.39 is 0 Å². The van der Waals surface area contributed by atoms with E-state index in [0.29, 0.717) is 24.9 Å². The topological polar surface area (TPSA) is 57.4 Å². The number of aromatic nitrogens is 1. The van der Waals surface area contributed by atoms with Gasteiger partial charge in [0, 0.05) is 29.7 Å². The molecular weight excluding hydrogens is 374 g/mol. The maximum Gasteiger partial charge on any atom is 0.224 e. The number of likely N-dealkylation sites (tertiary alicyclic amines) is 1. The number of benzene rings is 2. The fourth-order valence-corrected chi connectivity index (χ4v) is 4.87. The van der Waals surface area contributed by atoms with Crippen LogP contribution in [0.2, 0.25) is 0 Å². The van der Waals surface area contributed by atoms with E-state index in [1.807, 2.05) is 24.4 Å². The van der Waals surface area contributed by atoms with Gasteiger partial charge in [-0.1, -0.05) is 24.3 Å². The molecule has 2 unspecified atom stereocenters. The Morgan fingerprint density at radius 1 is 1.23 bits per heavy atom. The molecule has 1 aliphatic heterocycles. The van der Waals surface area contributed by atoms with Gasteiger partial charge in [-0.15, -0.1) is 0 Å². The van der Waals surface area contributed by atoms with Crippen LogP contribution in [-0.2, 0) is 11.2 Å². The summed E-state index contributed by atoms with van der Waals surface area (Å²) in [6.45, 7) is 3.87. The Labute approximate surface area is 178 Å². The molecule has 2 N–H and O–H groups in total. The average molecular weight is 406 g/mol. The van der Waals surface area contributed by atoms with E-state index >= 15 is 0 Å². The molecule has 1 amide bonds. The second kappa shape index (κ2) is 8.92. The van der Waals surface area contributed by atoms with Crippen molar-refractivity contribution in [1.29, 1.82) is 0 Å². The van der Waals surface area contributed by atoms with Crippen LogP contribution in [0.25, 0.3) is 10.9 Å². The number of carbonyl (C=O) groups excluding carboxylic acids is 1. The minimum absolute atomic E-state index is 0.0841. The molecule has 158 valence electrons. The second-order valence-electron chi connectivity index (χ2n) is 8.39. The van der Waals surface area contributed by atoms with Gasteiger partial charge in [-0.05, 0) is 74.2 Å². The summed E-state index contributed by atoms with van der Waals surface area (Å²) in [4.78, 5) is 18.5. The summed E-state index contributed by atoms with van der Waals surface area (Å²) < 4.78 is 5.30. The van der Waals surface area contributed by atoms with E-state index in [0.717, 1.165) is 36.2 Å². The number of fused-ring (bicyclic) bond motifs is 1. The number of hydrogen-bond donors (Lipinski definition) is 2. The van der Waals surface area contributed by atoms with Crippen LogP contribution in [-0.4, -0.2) is 43.0 Å². The third-order valence-corrected chi connectivity index (χ3v) is 6.37. The fraction of sp³-hybridized carbons (Fsp3) is 0.400. The third kappa shape index (κ3) is 4.21. The highest BCUT2D eigenvalue weighted by Gasteiger charge is 2.30. The fourth-order valence-electron chi connectivity index (χ4n) is 4.87. The van der Waals surface area contributed by atoms with Crippen molar-refractivity contribution in [2.75, 3.05) is 27.2 Å². The van der Waals surface area contributed by atoms with E-state index in [4.69, 9.17) is 4.74 Å². The molecule has 5 nitrogen and oxygen atoms in total. The zero-order valence-electron chi connectivity index (χ0n) is 18.1. The Morgan fingerprint density at radius 2 is 2.03 bits per heavy atom. The Kier molecular flexibility index (Phi) is 6.09. The van der Waals surface area contributed by atoms with Crippen molar-refractivity contribution >= 4 is 16.8 Å². The molecule has 2 heterocycles. The highest BCUT2D eigenvalue weighted by molar-refractivity contribution is 5.91. The number of carbonyl (C=O) groups is 1. The molecule has 30 heavy (non-hydrogen) atoms. The van der Waals surface area contributed by atoms with Crippen LogP contribution >= 0.6 is 0 Å². The SMILES string of the molecule is COc1ccc(C2C(CNC(=O)Cc3c[nH]c4cccc(C)c34)CCCN2C)cc1. The molecule has 5 heteroatoms. The van der Waals surface area contributed by atoms with Crippen molar-refractivity contribution in [3.05, 3.63) is 65.4 Å². The first kappa shape index (κ1) is 20.5. The minimum atomic E-state index is 0.0841. The van der Waals surface area contributed by atoms with Crippen molar-refractivity contribution in [3.8, 4) is 5.75 Å². The number of ether oxygens (including phenoxy) is 1. The molecule has 2 aromatic carbocycles. The summed E-state index contributed by atoms with van der Waals surface area (Å²) in [5, 5.41) is 4.38. The largest absolute Gasteiger partial charge is 0.497 e. The lowest BCUT2D eigenvalue weighted by atomic mass is 9.85. The number of H-pyrrole nitrogens is 1. The molecule has 0 radical (unpaired) electrons. The highest BCUT2D eigenvalue weighted by Crippen LogP contribution is 2.35. The molecule has 1 aliphatic rings. The first-order valence-electron chi connectivity index (χ1n) is 10.7. The summed E-state index contributed by atoms with van der Waals surface area (Å²) >= 11 is 0. The summed E-state index contributed by atoms with van der Waals surface area (Å²) in [6, 6.07) is 14.8. The van der Waals surface area contributed by atoms with E-state index in [2.05, 4.69) is 53.4 Å². The van der Waals surface area contributed by atoms with Crippen LogP contribution in [0.4, 0.5) is 0 Å². The minimum Gasteiger partial charge on any atom is -0.497 e. The molecule has 0 spiro atoms. The van der Waals surface area contributed by atoms with Crippen molar-refractivity contribution in [2.45, 2.75) is 32.2 Å². The molecular formula is C25H31N3O2. The molecule has 1 fully saturated rings. The van der Waals surface area contributed by atoms with Crippen LogP contribution in [0.1, 0.15) is 35.6 Å². The van der Waals surface area contributed by atoms with Crippen LogP contribution in [0.5, 0.6) is 5.75 Å². The number of nitrogens with one attached hydrogen (secondary N) is 2. The zero-order valence-corrected chi connectivity index (χ0v) is 18.1. The lowest BCUT2D eigenvalue weighted by Crippen LogP contribution is -2.42. The van der Waals surface area contributed by atoms with Gasteiger partial charge in [-0.3, -0.25) is 9.69 Å². The predicted molar refractivity (Wildman–Crippen MR) is 121 cm³/mol. The molecule has 4 rings (SSSR count). The van der Waals surface area contributed by atoms with Gasteiger partial charge >= 0.3 is 0 Å². The maximum atomic E-state index is 12.8. The number of nitrogens with zero attached hydrogens (tertiary/aromatic N) is 1. The lowest BCUT2D eigenvalue weighted by Gasteiger charge is -2.39. The molecule has 2 atom stereocenters. The molecule has 0 saturated carbocycles. The van der Waals surface area contributed by atoms with Crippen molar-refractivity contribution in [2.24, 2.45) is 5.92 Å². The van der Waals surface area contributed by atoms with E-state index in [1.165, 1.54) is 16.5 Å². The van der Waals surface area contributed by atoms with Gasteiger partial charge in [-0.25, -0.2) is 0 Å². The van der Waals surface area contributed by atoms with Gasteiger partial charge in [-0.2, -0.15) is 0 Å². The number of methoxy groups -OCH3 is 1. The van der Waals surface area contributed by atoms with Gasteiger partial charge < -0.3 is 15.0 Å². The Balaban J connectivity index is 1.43. The van der Waals surface area contributed by atoms with Crippen LogP contribution in [0, 0.1) is 12.8 Å². The van der Waals surface area contributed by atoms with E-state index in [9.17, 15) is 4.79 Å². The standard InChI is InChI=1S/C25H31N3O2/c1-17-6-4-8-22-24(17)20(16-26-22)14-23(29)27-15-19-7-5-13-28(2)25(19)18-9-11-21(30-3)12-10-18/h4,6,8-12,16,19,25-26H,5,7,13-15H2,1-3H3,(H,27,29). The number of aromatic amines is 1. The molecule has 0 bridgehead atoms. The highest BCUT2D eigenvalue weighted by atomic mass is 16.5. The Bertz CT molecular complexity index is 1010. The molecule has 3 aromatic rings. The number of hydrogen-bond acceptors (Lipinski definition) is 3. The summed E-state index contributed by atoms with van der Waals surface area (Å²) in [5.41, 5.74) is 4.63. The molecule has 1 saturated heterocycles. The zero-order chi connectivity index (χ0) is 21.1. The van der Waals surface area contributed by atoms with Gasteiger partial charge in [0.05, 0.1) is 13.5 Å². The monoisotopic (exact) mass is 405 g/mol. The third-order valence-electron chi connectivity index (χ3n) is 6.37. The summed E-state index contributed by atoms with van der Waals surface area (Å²) in [7, 11) is 3.87. The van der Waals surface area contributed by atoms with Crippen LogP contribution < -0.4 is 10.1 Å². The summed E-state index contributed by atoms with van der Waals surface area (Å²) in [6.07, 6.45) is 4.64. The average Bonchev–Trinajstić information content (AvgIpc) is 3.16. The van der Waals surface area contributed by atoms with E-state index in [1.54, 1.807) is 7.11 Å². The number of amides is 1. The number of aryl methyl sites for hydroxylation is 1. The number of piperidine rings is 1. The Hall–Kier alpha value is -2.79. The second-order valence-corrected chi connectivity index (χ2v) is 8.39. The van der Waals surface area contributed by atoms with Gasteiger partial charge in [0.1, 0.15) is 5.75 Å². The van der Waals surface area contributed by atoms with Crippen molar-refractivity contribution in [1.82, 2.24) is 15.2 Å². The predicted octanol–water partition coefficient (Wildman–Crippen LogP) is 4.23. The quantitative estimate of drug-likeness (QED) is 0.645. The Morgan fingerprint density at radius 3 is 2.80 bits per heavy atom. The van der Waals surface area contributed by atoms with Gasteiger partial charge in [0.2, 0.25) is 5.91 Å². The van der Waals surface area contributed by atoms with Crippen LogP contribution in [0.15, 0.2) is 48.7 Å².